The smallest absolute Gasteiger partial charge is 0.405 e. The Morgan fingerprint density at radius 1 is 1.36 bits per heavy atom. The average molecular weight is 318 g/mol. The minimum absolute atomic E-state index is 0.0262. The number of rotatable bonds is 4. The molecule has 0 aliphatic carbocycles. The lowest BCUT2D eigenvalue weighted by Crippen LogP contribution is -2.56. The molecular formula is C15H21F3N2O2. The summed E-state index contributed by atoms with van der Waals surface area (Å²) in [5.41, 5.74) is 1.05. The number of carbonyl (C=O) groups is 1. The van der Waals surface area contributed by atoms with Crippen molar-refractivity contribution in [3.8, 4) is 0 Å². The van der Waals surface area contributed by atoms with Gasteiger partial charge in [0.25, 0.3) is 6.47 Å². The second-order valence-electron chi connectivity index (χ2n) is 4.82. The van der Waals surface area contributed by atoms with E-state index in [1.165, 1.54) is 0 Å². The topological polar surface area (TPSA) is 41.6 Å². The molecule has 22 heavy (non-hydrogen) atoms. The third-order valence-corrected chi connectivity index (χ3v) is 3.14. The van der Waals surface area contributed by atoms with Gasteiger partial charge in [-0.25, -0.2) is 0 Å². The van der Waals surface area contributed by atoms with Crippen LogP contribution in [-0.4, -0.2) is 49.8 Å². The van der Waals surface area contributed by atoms with E-state index in [4.69, 9.17) is 0 Å². The number of ether oxygens (including phenoxy) is 1. The molecule has 1 aliphatic heterocycles. The van der Waals surface area contributed by atoms with Crippen molar-refractivity contribution in [3.63, 3.8) is 0 Å². The van der Waals surface area contributed by atoms with E-state index in [0.29, 0.717) is 32.7 Å². The number of hydrogen-bond donors (Lipinski definition) is 1. The Kier molecular flexibility index (Phi) is 7.90. The molecule has 1 atom stereocenters. The molecule has 0 saturated carbocycles. The molecule has 1 aromatic rings. The van der Waals surface area contributed by atoms with Crippen molar-refractivity contribution < 1.29 is 22.7 Å². The highest BCUT2D eigenvalue weighted by Gasteiger charge is 2.41. The molecule has 124 valence electrons. The zero-order valence-electron chi connectivity index (χ0n) is 12.5. The lowest BCUT2D eigenvalue weighted by molar-refractivity contribution is -0.165. The lowest BCUT2D eigenvalue weighted by Gasteiger charge is -2.34. The molecule has 4 nitrogen and oxygen atoms in total. The maximum atomic E-state index is 12.6. The number of hydrogen-bond acceptors (Lipinski definition) is 4. The zero-order chi connectivity index (χ0) is 16.4. The molecule has 0 radical (unpaired) electrons. The minimum atomic E-state index is -4.16. The van der Waals surface area contributed by atoms with Gasteiger partial charge >= 0.3 is 6.18 Å². The fourth-order valence-electron chi connectivity index (χ4n) is 2.08. The second kappa shape index (κ2) is 9.42. The van der Waals surface area contributed by atoms with Gasteiger partial charge in [0.2, 0.25) is 0 Å². The number of nitrogens with one attached hydrogen (secondary N) is 1. The van der Waals surface area contributed by atoms with Crippen LogP contribution in [0.1, 0.15) is 12.5 Å². The average Bonchev–Trinajstić information content (AvgIpc) is 2.49. The Balaban J connectivity index is 0.000000422. The monoisotopic (exact) mass is 318 g/mol. The molecule has 0 spiro atoms. The van der Waals surface area contributed by atoms with Crippen molar-refractivity contribution in [1.29, 1.82) is 0 Å². The van der Waals surface area contributed by atoms with Crippen LogP contribution in [0.3, 0.4) is 0 Å². The summed E-state index contributed by atoms with van der Waals surface area (Å²) >= 11 is 0. The van der Waals surface area contributed by atoms with Crippen LogP contribution in [0.2, 0.25) is 0 Å². The van der Waals surface area contributed by atoms with E-state index in [9.17, 15) is 18.0 Å². The molecule has 1 aromatic carbocycles. The maximum absolute atomic E-state index is 12.6. The van der Waals surface area contributed by atoms with Crippen molar-refractivity contribution in [2.45, 2.75) is 25.7 Å². The van der Waals surface area contributed by atoms with Crippen LogP contribution >= 0.6 is 0 Å². The van der Waals surface area contributed by atoms with Gasteiger partial charge in [-0.05, 0) is 12.5 Å². The first-order chi connectivity index (χ1) is 10.5. The van der Waals surface area contributed by atoms with Crippen molar-refractivity contribution >= 4 is 6.47 Å². The number of nitrogens with zero attached hydrogens (tertiary/aromatic N) is 1. The van der Waals surface area contributed by atoms with Gasteiger partial charge in [0.1, 0.15) is 6.04 Å². The lowest BCUT2D eigenvalue weighted by atomic mass is 10.1. The summed E-state index contributed by atoms with van der Waals surface area (Å²) in [6.07, 6.45) is -4.16. The van der Waals surface area contributed by atoms with E-state index in [1.807, 2.05) is 35.2 Å². The van der Waals surface area contributed by atoms with Crippen molar-refractivity contribution in [1.82, 2.24) is 10.2 Å². The SMILES string of the molecule is CCOC=O.FC(F)(F)C1CN(Cc2ccccc2)CCN1. The summed E-state index contributed by atoms with van der Waals surface area (Å²) < 4.78 is 41.8. The summed E-state index contributed by atoms with van der Waals surface area (Å²) in [5, 5.41) is 2.51. The molecular weight excluding hydrogens is 297 g/mol. The molecule has 1 unspecified atom stereocenters. The van der Waals surface area contributed by atoms with Gasteiger partial charge < -0.3 is 10.1 Å². The highest BCUT2D eigenvalue weighted by atomic mass is 19.4. The Labute approximate surface area is 128 Å². The summed E-state index contributed by atoms with van der Waals surface area (Å²) in [5.74, 6) is 0. The van der Waals surface area contributed by atoms with E-state index >= 15 is 0 Å². The predicted octanol–water partition coefficient (Wildman–Crippen LogP) is 2.20. The van der Waals surface area contributed by atoms with Crippen LogP contribution in [-0.2, 0) is 16.1 Å². The second-order valence-corrected chi connectivity index (χ2v) is 4.82. The molecule has 0 aromatic heterocycles. The Morgan fingerprint density at radius 3 is 2.55 bits per heavy atom. The number of benzene rings is 1. The molecule has 2 rings (SSSR count). The molecule has 7 heteroatoms. The Bertz CT molecular complexity index is 427. The van der Waals surface area contributed by atoms with Gasteiger partial charge in [-0.2, -0.15) is 13.2 Å². The zero-order valence-corrected chi connectivity index (χ0v) is 12.5. The molecule has 0 amide bonds. The van der Waals surface area contributed by atoms with Crippen LogP contribution in [0.4, 0.5) is 13.2 Å². The maximum Gasteiger partial charge on any atom is 0.405 e. The van der Waals surface area contributed by atoms with Crippen molar-refractivity contribution in [2.75, 3.05) is 26.2 Å². The number of carbonyl (C=O) groups excluding carboxylic acids is 1. The van der Waals surface area contributed by atoms with Gasteiger partial charge in [-0.1, -0.05) is 30.3 Å². The van der Waals surface area contributed by atoms with Crippen LogP contribution in [0.5, 0.6) is 0 Å². The highest BCUT2D eigenvalue weighted by molar-refractivity contribution is 5.36. The van der Waals surface area contributed by atoms with Gasteiger partial charge in [0, 0.05) is 26.2 Å². The minimum Gasteiger partial charge on any atom is -0.468 e. The first-order valence-electron chi connectivity index (χ1n) is 7.09. The van der Waals surface area contributed by atoms with E-state index in [1.54, 1.807) is 6.92 Å². The van der Waals surface area contributed by atoms with E-state index in [2.05, 4.69) is 10.1 Å². The van der Waals surface area contributed by atoms with E-state index < -0.39 is 12.2 Å². The normalized spacial score (nSPS) is 19.0. The molecule has 1 saturated heterocycles. The van der Waals surface area contributed by atoms with Crippen LogP contribution in [0, 0.1) is 0 Å². The molecule has 1 aliphatic rings. The Morgan fingerprint density at radius 2 is 2.05 bits per heavy atom. The molecule has 0 bridgehead atoms. The predicted molar refractivity (Wildman–Crippen MR) is 77.3 cm³/mol. The molecule has 1 fully saturated rings. The van der Waals surface area contributed by atoms with Gasteiger partial charge in [0.05, 0.1) is 6.61 Å². The van der Waals surface area contributed by atoms with E-state index in [0.717, 1.165) is 5.56 Å². The highest BCUT2D eigenvalue weighted by Crippen LogP contribution is 2.23. The van der Waals surface area contributed by atoms with E-state index in [-0.39, 0.29) is 6.54 Å². The number of halogens is 3. The largest absolute Gasteiger partial charge is 0.468 e. The van der Waals surface area contributed by atoms with Crippen LogP contribution in [0.25, 0.3) is 0 Å². The fraction of sp³-hybridized carbons (Fsp3) is 0.533. The van der Waals surface area contributed by atoms with Crippen molar-refractivity contribution in [2.24, 2.45) is 0 Å². The van der Waals surface area contributed by atoms with Gasteiger partial charge in [-0.15, -0.1) is 0 Å². The van der Waals surface area contributed by atoms with Crippen molar-refractivity contribution in [3.05, 3.63) is 35.9 Å². The Hall–Kier alpha value is -1.60. The van der Waals surface area contributed by atoms with Crippen LogP contribution < -0.4 is 5.32 Å². The number of piperazine rings is 1. The van der Waals surface area contributed by atoms with Gasteiger partial charge in [-0.3, -0.25) is 9.69 Å². The number of alkyl halides is 3. The van der Waals surface area contributed by atoms with Crippen LogP contribution in [0.15, 0.2) is 30.3 Å². The molecule has 1 N–H and O–H groups in total. The first kappa shape index (κ1) is 18.4. The summed E-state index contributed by atoms with van der Waals surface area (Å²) in [6.45, 7) is 4.31. The summed E-state index contributed by atoms with van der Waals surface area (Å²) in [4.78, 5) is 11.0. The standard InChI is InChI=1S/C12H15F3N2.C3H6O2/c13-12(14,15)11-9-17(7-6-16-11)8-10-4-2-1-3-5-10;1-2-5-3-4/h1-5,11,16H,6-9H2;3H,2H2,1H3. The quantitative estimate of drug-likeness (QED) is 0.864. The van der Waals surface area contributed by atoms with Gasteiger partial charge in [0.15, 0.2) is 0 Å². The third kappa shape index (κ3) is 6.91. The third-order valence-electron chi connectivity index (χ3n) is 3.14. The fourth-order valence-corrected chi connectivity index (χ4v) is 2.08. The summed E-state index contributed by atoms with van der Waals surface area (Å²) in [7, 11) is 0. The summed E-state index contributed by atoms with van der Waals surface area (Å²) in [6, 6.07) is 8.17. The first-order valence-corrected chi connectivity index (χ1v) is 7.09. The molecule has 1 heterocycles.